The van der Waals surface area contributed by atoms with Crippen LogP contribution in [0.1, 0.15) is 22.8 Å². The highest BCUT2D eigenvalue weighted by atomic mass is 16.6. The van der Waals surface area contributed by atoms with Gasteiger partial charge >= 0.3 is 17.0 Å². The number of ether oxygens (including phenoxy) is 1. The van der Waals surface area contributed by atoms with E-state index in [0.29, 0.717) is 0 Å². The number of phenolic OH excluding ortho intramolecular Hbond substituents is 1. The van der Waals surface area contributed by atoms with Crippen molar-refractivity contribution in [2.45, 2.75) is 12.8 Å². The Morgan fingerprint density at radius 3 is 2.29 bits per heavy atom. The van der Waals surface area contributed by atoms with Gasteiger partial charge in [0.05, 0.1) is 21.3 Å². The van der Waals surface area contributed by atoms with E-state index in [1.807, 2.05) is 0 Å². The summed E-state index contributed by atoms with van der Waals surface area (Å²) >= 11 is 0. The lowest BCUT2D eigenvalue weighted by atomic mass is 9.84. The molecule has 1 aromatic heterocycles. The van der Waals surface area contributed by atoms with Gasteiger partial charge in [0.2, 0.25) is 5.88 Å². The zero-order chi connectivity index (χ0) is 20.7. The van der Waals surface area contributed by atoms with E-state index in [-0.39, 0.29) is 34.1 Å². The molecular formula is C16H10N4O8. The largest absolute Gasteiger partial charge is 0.497 e. The molecule has 0 amide bonds. The lowest BCUT2D eigenvalue weighted by molar-refractivity contribution is -0.396. The van der Waals surface area contributed by atoms with Crippen molar-refractivity contribution in [3.63, 3.8) is 0 Å². The van der Waals surface area contributed by atoms with Gasteiger partial charge in [-0.05, 0) is 12.5 Å². The number of nitriles is 1. The SMILES string of the molecule is Cc1cc2c(c(=O)o1)C(c1cc([N+](=O)[O-])c(O)c([N+](=O)[O-])c1)C(C#N)=C(N)O2. The second-order valence-electron chi connectivity index (χ2n) is 5.77. The first-order valence-corrected chi connectivity index (χ1v) is 7.53. The summed E-state index contributed by atoms with van der Waals surface area (Å²) in [4.78, 5) is 32.8. The number of nitrogens with zero attached hydrogens (tertiary/aromatic N) is 3. The number of rotatable bonds is 3. The van der Waals surface area contributed by atoms with Gasteiger partial charge in [0.25, 0.3) is 5.75 Å². The molecule has 1 atom stereocenters. The van der Waals surface area contributed by atoms with Gasteiger partial charge in [0.1, 0.15) is 23.2 Å². The Bertz CT molecular complexity index is 1140. The van der Waals surface area contributed by atoms with E-state index in [0.717, 1.165) is 12.1 Å². The Labute approximate surface area is 155 Å². The minimum Gasteiger partial charge on any atom is -0.497 e. The number of aromatic hydroxyl groups is 1. The number of nitro benzene ring substituents is 2. The third-order valence-electron chi connectivity index (χ3n) is 4.08. The molecule has 0 radical (unpaired) electrons. The van der Waals surface area contributed by atoms with Gasteiger partial charge in [-0.2, -0.15) is 5.26 Å². The molecule has 12 nitrogen and oxygen atoms in total. The average molecular weight is 386 g/mol. The first-order chi connectivity index (χ1) is 13.1. The fourth-order valence-corrected chi connectivity index (χ4v) is 2.92. The normalized spacial score (nSPS) is 15.4. The number of allylic oxidation sites excluding steroid dienone is 1. The fourth-order valence-electron chi connectivity index (χ4n) is 2.92. The summed E-state index contributed by atoms with van der Waals surface area (Å²) in [6.45, 7) is 1.47. The van der Waals surface area contributed by atoms with Crippen molar-refractivity contribution in [3.05, 3.63) is 77.2 Å². The van der Waals surface area contributed by atoms with Gasteiger partial charge in [-0.1, -0.05) is 0 Å². The van der Waals surface area contributed by atoms with Crippen LogP contribution in [0.2, 0.25) is 0 Å². The Morgan fingerprint density at radius 2 is 1.79 bits per heavy atom. The Kier molecular flexibility index (Phi) is 4.20. The van der Waals surface area contributed by atoms with E-state index >= 15 is 0 Å². The standard InChI is InChI=1S/C16H10N4O8/c1-6-2-11-13(16(22)27-6)12(8(5-17)15(18)28-11)7-3-9(19(23)24)14(21)10(4-7)20(25)26/h2-4,12,21H,18H2,1H3. The van der Waals surface area contributed by atoms with Gasteiger partial charge in [-0.25, -0.2) is 4.79 Å². The monoisotopic (exact) mass is 386 g/mol. The number of nitrogens with two attached hydrogens (primary N) is 1. The maximum Gasteiger partial charge on any atom is 0.343 e. The highest BCUT2D eigenvalue weighted by Crippen LogP contribution is 2.45. The van der Waals surface area contributed by atoms with Crippen LogP contribution < -0.4 is 16.1 Å². The molecule has 12 heteroatoms. The second kappa shape index (κ2) is 6.40. The number of nitro groups is 2. The van der Waals surface area contributed by atoms with Gasteiger partial charge < -0.3 is 20.0 Å². The van der Waals surface area contributed by atoms with E-state index in [4.69, 9.17) is 14.9 Å². The topological polar surface area (TPSA) is 196 Å². The molecule has 3 rings (SSSR count). The lowest BCUT2D eigenvalue weighted by Crippen LogP contribution is -2.26. The molecule has 28 heavy (non-hydrogen) atoms. The van der Waals surface area contributed by atoms with E-state index in [9.17, 15) is 35.4 Å². The van der Waals surface area contributed by atoms with E-state index in [2.05, 4.69) is 0 Å². The van der Waals surface area contributed by atoms with Crippen molar-refractivity contribution >= 4 is 11.4 Å². The number of aryl methyl sites for hydroxylation is 1. The minimum absolute atomic E-state index is 0.0476. The summed E-state index contributed by atoms with van der Waals surface area (Å²) in [6, 6.07) is 4.72. The van der Waals surface area contributed by atoms with E-state index < -0.39 is 38.5 Å². The van der Waals surface area contributed by atoms with Crippen molar-refractivity contribution in [1.29, 1.82) is 5.26 Å². The third kappa shape index (κ3) is 2.76. The van der Waals surface area contributed by atoms with Crippen LogP contribution >= 0.6 is 0 Å². The molecule has 1 aliphatic rings. The van der Waals surface area contributed by atoms with Crippen molar-refractivity contribution in [2.24, 2.45) is 5.73 Å². The molecule has 1 unspecified atom stereocenters. The van der Waals surface area contributed by atoms with Crippen LogP contribution in [0.15, 0.2) is 38.9 Å². The summed E-state index contributed by atoms with van der Waals surface area (Å²) in [5.41, 5.74) is 2.22. The first kappa shape index (κ1) is 18.4. The van der Waals surface area contributed by atoms with Gasteiger partial charge in [0.15, 0.2) is 0 Å². The van der Waals surface area contributed by atoms with Crippen LogP contribution in [0.4, 0.5) is 11.4 Å². The smallest absolute Gasteiger partial charge is 0.343 e. The zero-order valence-corrected chi connectivity index (χ0v) is 14.0. The zero-order valence-electron chi connectivity index (χ0n) is 14.0. The lowest BCUT2D eigenvalue weighted by Gasteiger charge is -2.25. The molecular weight excluding hydrogens is 376 g/mol. The average Bonchev–Trinajstić information content (AvgIpc) is 2.60. The van der Waals surface area contributed by atoms with Crippen LogP contribution in [0, 0.1) is 38.5 Å². The van der Waals surface area contributed by atoms with Gasteiger partial charge in [0, 0.05) is 18.2 Å². The maximum atomic E-state index is 12.4. The Morgan fingerprint density at radius 1 is 1.21 bits per heavy atom. The van der Waals surface area contributed by atoms with Crippen molar-refractivity contribution < 1.29 is 24.1 Å². The molecule has 0 spiro atoms. The molecule has 2 heterocycles. The predicted molar refractivity (Wildman–Crippen MR) is 90.4 cm³/mol. The summed E-state index contributed by atoms with van der Waals surface area (Å²) in [6.07, 6.45) is 0. The number of hydrogen-bond donors (Lipinski definition) is 2. The second-order valence-corrected chi connectivity index (χ2v) is 5.77. The fraction of sp³-hybridized carbons (Fsp3) is 0.125. The molecule has 1 aliphatic heterocycles. The van der Waals surface area contributed by atoms with Crippen molar-refractivity contribution in [2.75, 3.05) is 0 Å². The summed E-state index contributed by atoms with van der Waals surface area (Å²) in [5, 5.41) is 41.7. The van der Waals surface area contributed by atoms with Crippen LogP contribution in [-0.2, 0) is 0 Å². The summed E-state index contributed by atoms with van der Waals surface area (Å²) < 4.78 is 10.3. The highest BCUT2D eigenvalue weighted by Gasteiger charge is 2.37. The number of benzene rings is 1. The molecule has 1 aromatic carbocycles. The highest BCUT2D eigenvalue weighted by molar-refractivity contribution is 5.65. The van der Waals surface area contributed by atoms with Crippen LogP contribution in [0.25, 0.3) is 0 Å². The van der Waals surface area contributed by atoms with Gasteiger partial charge in [-0.15, -0.1) is 0 Å². The van der Waals surface area contributed by atoms with E-state index in [1.54, 1.807) is 6.07 Å². The van der Waals surface area contributed by atoms with Crippen molar-refractivity contribution in [1.82, 2.24) is 0 Å². The minimum atomic E-state index is -1.33. The molecule has 2 aromatic rings. The molecule has 0 saturated heterocycles. The Balaban J connectivity index is 2.40. The number of hydrogen-bond acceptors (Lipinski definition) is 10. The third-order valence-corrected chi connectivity index (χ3v) is 4.08. The summed E-state index contributed by atoms with van der Waals surface area (Å²) in [5.74, 6) is -2.73. The van der Waals surface area contributed by atoms with Crippen LogP contribution in [-0.4, -0.2) is 15.0 Å². The summed E-state index contributed by atoms with van der Waals surface area (Å²) in [7, 11) is 0. The first-order valence-electron chi connectivity index (χ1n) is 7.53. The number of phenols is 1. The van der Waals surface area contributed by atoms with Crippen LogP contribution in [0.3, 0.4) is 0 Å². The van der Waals surface area contributed by atoms with Crippen molar-refractivity contribution in [3.8, 4) is 17.6 Å². The van der Waals surface area contributed by atoms with E-state index in [1.165, 1.54) is 13.0 Å². The maximum absolute atomic E-state index is 12.4. The molecule has 3 N–H and O–H groups in total. The molecule has 0 saturated carbocycles. The Hall–Kier alpha value is -4.40. The molecule has 0 fully saturated rings. The van der Waals surface area contributed by atoms with Gasteiger partial charge in [-0.3, -0.25) is 20.2 Å². The molecule has 0 aliphatic carbocycles. The molecule has 142 valence electrons. The predicted octanol–water partition coefficient (Wildman–Crippen LogP) is 1.69. The quantitative estimate of drug-likeness (QED) is 0.578. The number of fused-ring (bicyclic) bond motifs is 1. The molecule has 0 bridgehead atoms. The van der Waals surface area contributed by atoms with Crippen LogP contribution in [0.5, 0.6) is 11.5 Å².